The van der Waals surface area contributed by atoms with Gasteiger partial charge in [0.2, 0.25) is 5.91 Å². The number of ether oxygens (including phenoxy) is 1. The van der Waals surface area contributed by atoms with Crippen molar-refractivity contribution in [3.8, 4) is 5.75 Å². The Morgan fingerprint density at radius 3 is 2.76 bits per heavy atom. The van der Waals surface area contributed by atoms with Gasteiger partial charge in [0.15, 0.2) is 0 Å². The number of anilines is 1. The van der Waals surface area contributed by atoms with E-state index < -0.39 is 11.9 Å². The first kappa shape index (κ1) is 12.8. The highest BCUT2D eigenvalue weighted by atomic mass is 16.5. The molecular formula is C12H13NO4. The first-order valence-electron chi connectivity index (χ1n) is 5.02. The fourth-order valence-electron chi connectivity index (χ4n) is 1.25. The lowest BCUT2D eigenvalue weighted by atomic mass is 10.1. The van der Waals surface area contributed by atoms with Crippen LogP contribution in [0.4, 0.5) is 5.69 Å². The number of benzene rings is 1. The number of amides is 1. The van der Waals surface area contributed by atoms with Crippen LogP contribution >= 0.6 is 0 Å². The van der Waals surface area contributed by atoms with E-state index in [9.17, 15) is 9.59 Å². The van der Waals surface area contributed by atoms with Crippen LogP contribution in [-0.2, 0) is 4.79 Å². The van der Waals surface area contributed by atoms with E-state index in [-0.39, 0.29) is 11.3 Å². The number of aromatic carboxylic acids is 1. The molecule has 0 aliphatic heterocycles. The maximum absolute atomic E-state index is 11.1. The van der Waals surface area contributed by atoms with Crippen LogP contribution in [0.3, 0.4) is 0 Å². The number of carbonyl (C=O) groups excluding carboxylic acids is 1. The summed E-state index contributed by atoms with van der Waals surface area (Å²) in [6, 6.07) is 4.44. The number of carboxylic acids is 1. The SMILES string of the molecule is C=CC(=O)Nc1ccc(OCC)cc1C(=O)O. The van der Waals surface area contributed by atoms with Crippen molar-refractivity contribution in [2.75, 3.05) is 11.9 Å². The van der Waals surface area contributed by atoms with Crippen molar-refractivity contribution in [1.82, 2.24) is 0 Å². The lowest BCUT2D eigenvalue weighted by Gasteiger charge is -2.09. The average Bonchev–Trinajstić information content (AvgIpc) is 2.31. The third kappa shape index (κ3) is 3.34. The zero-order valence-electron chi connectivity index (χ0n) is 9.40. The maximum atomic E-state index is 11.1. The van der Waals surface area contributed by atoms with E-state index in [1.165, 1.54) is 12.1 Å². The third-order valence-electron chi connectivity index (χ3n) is 1.98. The molecule has 0 unspecified atom stereocenters. The Morgan fingerprint density at radius 1 is 1.53 bits per heavy atom. The normalized spacial score (nSPS) is 9.47. The van der Waals surface area contributed by atoms with E-state index in [4.69, 9.17) is 9.84 Å². The molecule has 0 heterocycles. The highest BCUT2D eigenvalue weighted by Crippen LogP contribution is 2.22. The summed E-state index contributed by atoms with van der Waals surface area (Å²) in [5.41, 5.74) is 0.192. The van der Waals surface area contributed by atoms with Gasteiger partial charge in [0.25, 0.3) is 0 Å². The summed E-state index contributed by atoms with van der Waals surface area (Å²) in [6.45, 7) is 5.54. The molecule has 0 fully saturated rings. The fraction of sp³-hybridized carbons (Fsp3) is 0.167. The van der Waals surface area contributed by atoms with Crippen LogP contribution in [-0.4, -0.2) is 23.6 Å². The largest absolute Gasteiger partial charge is 0.494 e. The van der Waals surface area contributed by atoms with Gasteiger partial charge in [-0.2, -0.15) is 0 Å². The second-order valence-electron chi connectivity index (χ2n) is 3.14. The molecule has 2 N–H and O–H groups in total. The number of hydrogen-bond donors (Lipinski definition) is 2. The second-order valence-corrected chi connectivity index (χ2v) is 3.14. The molecule has 1 amide bonds. The Labute approximate surface area is 98.7 Å². The van der Waals surface area contributed by atoms with Crippen LogP contribution in [0.25, 0.3) is 0 Å². The smallest absolute Gasteiger partial charge is 0.337 e. The van der Waals surface area contributed by atoms with Gasteiger partial charge in [0, 0.05) is 0 Å². The Balaban J connectivity index is 3.08. The minimum Gasteiger partial charge on any atom is -0.494 e. The molecule has 0 saturated carbocycles. The lowest BCUT2D eigenvalue weighted by molar-refractivity contribution is -0.111. The molecule has 90 valence electrons. The van der Waals surface area contributed by atoms with Crippen molar-refractivity contribution in [2.45, 2.75) is 6.92 Å². The number of hydrogen-bond acceptors (Lipinski definition) is 3. The number of rotatable bonds is 5. The topological polar surface area (TPSA) is 75.6 Å². The van der Waals surface area contributed by atoms with Gasteiger partial charge in [-0.3, -0.25) is 4.79 Å². The predicted octanol–water partition coefficient (Wildman–Crippen LogP) is 1.91. The minimum atomic E-state index is -1.13. The van der Waals surface area contributed by atoms with Gasteiger partial charge in [-0.05, 0) is 31.2 Å². The van der Waals surface area contributed by atoms with Crippen LogP contribution in [0, 0.1) is 0 Å². The monoisotopic (exact) mass is 235 g/mol. The quantitative estimate of drug-likeness (QED) is 0.764. The molecule has 1 aromatic carbocycles. The standard InChI is InChI=1S/C12H13NO4/c1-3-11(14)13-10-6-5-8(17-4-2)7-9(10)12(15)16/h3,5-7H,1,4H2,2H3,(H,13,14)(H,15,16). The second kappa shape index (κ2) is 5.69. The molecule has 0 aliphatic carbocycles. The van der Waals surface area contributed by atoms with Gasteiger partial charge >= 0.3 is 5.97 Å². The number of carbonyl (C=O) groups is 2. The summed E-state index contributed by atoms with van der Waals surface area (Å²) in [5.74, 6) is -1.15. The zero-order valence-corrected chi connectivity index (χ0v) is 9.40. The molecular weight excluding hydrogens is 222 g/mol. The van der Waals surface area contributed by atoms with Gasteiger partial charge in [0.1, 0.15) is 5.75 Å². The van der Waals surface area contributed by atoms with Crippen LogP contribution < -0.4 is 10.1 Å². The summed E-state index contributed by atoms with van der Waals surface area (Å²) in [4.78, 5) is 22.1. The van der Waals surface area contributed by atoms with E-state index in [1.54, 1.807) is 13.0 Å². The van der Waals surface area contributed by atoms with Crippen LogP contribution in [0.2, 0.25) is 0 Å². The van der Waals surface area contributed by atoms with Crippen molar-refractivity contribution in [1.29, 1.82) is 0 Å². The maximum Gasteiger partial charge on any atom is 0.337 e. The molecule has 17 heavy (non-hydrogen) atoms. The fourth-order valence-corrected chi connectivity index (χ4v) is 1.25. The molecule has 0 spiro atoms. The van der Waals surface area contributed by atoms with Crippen molar-refractivity contribution < 1.29 is 19.4 Å². The summed E-state index contributed by atoms with van der Waals surface area (Å²) in [7, 11) is 0. The van der Waals surface area contributed by atoms with Crippen molar-refractivity contribution >= 4 is 17.6 Å². The van der Waals surface area contributed by atoms with Gasteiger partial charge in [-0.15, -0.1) is 0 Å². The molecule has 0 bridgehead atoms. The number of nitrogens with one attached hydrogen (secondary N) is 1. The first-order valence-corrected chi connectivity index (χ1v) is 5.02. The molecule has 0 aromatic heterocycles. The van der Waals surface area contributed by atoms with E-state index >= 15 is 0 Å². The Kier molecular flexibility index (Phi) is 4.28. The predicted molar refractivity (Wildman–Crippen MR) is 63.4 cm³/mol. The Bertz CT molecular complexity index is 454. The summed E-state index contributed by atoms with van der Waals surface area (Å²) in [6.07, 6.45) is 1.07. The van der Waals surface area contributed by atoms with Crippen LogP contribution in [0.1, 0.15) is 17.3 Å². The Hall–Kier alpha value is -2.30. The minimum absolute atomic E-state index is 0.0221. The summed E-state index contributed by atoms with van der Waals surface area (Å²) < 4.78 is 5.19. The molecule has 1 aromatic rings. The van der Waals surface area contributed by atoms with Crippen LogP contribution in [0.5, 0.6) is 5.75 Å². The first-order chi connectivity index (χ1) is 8.08. The van der Waals surface area contributed by atoms with Crippen molar-refractivity contribution in [3.05, 3.63) is 36.4 Å². The van der Waals surface area contributed by atoms with E-state index in [0.29, 0.717) is 12.4 Å². The highest BCUT2D eigenvalue weighted by molar-refractivity contribution is 6.04. The molecule has 0 atom stereocenters. The molecule has 0 radical (unpaired) electrons. The van der Waals surface area contributed by atoms with Gasteiger partial charge < -0.3 is 15.2 Å². The van der Waals surface area contributed by atoms with E-state index in [1.807, 2.05) is 0 Å². The lowest BCUT2D eigenvalue weighted by Crippen LogP contribution is -2.12. The summed E-state index contributed by atoms with van der Waals surface area (Å²) >= 11 is 0. The van der Waals surface area contributed by atoms with Crippen LogP contribution in [0.15, 0.2) is 30.9 Å². The zero-order chi connectivity index (χ0) is 12.8. The van der Waals surface area contributed by atoms with Gasteiger partial charge in [-0.1, -0.05) is 6.58 Å². The third-order valence-corrected chi connectivity index (χ3v) is 1.98. The molecule has 0 saturated heterocycles. The van der Waals surface area contributed by atoms with Crippen molar-refractivity contribution in [3.63, 3.8) is 0 Å². The molecule has 5 nitrogen and oxygen atoms in total. The molecule has 0 aliphatic rings. The van der Waals surface area contributed by atoms with Gasteiger partial charge in [0.05, 0.1) is 17.9 Å². The van der Waals surface area contributed by atoms with Crippen molar-refractivity contribution in [2.24, 2.45) is 0 Å². The van der Waals surface area contributed by atoms with E-state index in [0.717, 1.165) is 6.08 Å². The Morgan fingerprint density at radius 2 is 2.24 bits per heavy atom. The molecule has 5 heteroatoms. The summed E-state index contributed by atoms with van der Waals surface area (Å²) in [5, 5.41) is 11.4. The van der Waals surface area contributed by atoms with Gasteiger partial charge in [-0.25, -0.2) is 4.79 Å². The molecule has 1 rings (SSSR count). The average molecular weight is 235 g/mol. The number of carboxylic acid groups (broad SMARTS) is 1. The highest BCUT2D eigenvalue weighted by Gasteiger charge is 2.12. The van der Waals surface area contributed by atoms with E-state index in [2.05, 4.69) is 11.9 Å².